The zero-order valence-electron chi connectivity index (χ0n) is 8.92. The second kappa shape index (κ2) is 4.69. The van der Waals surface area contributed by atoms with Crippen LogP contribution in [0.3, 0.4) is 0 Å². The van der Waals surface area contributed by atoms with Crippen molar-refractivity contribution >= 4 is 0 Å². The van der Waals surface area contributed by atoms with Gasteiger partial charge >= 0.3 is 0 Å². The van der Waals surface area contributed by atoms with E-state index in [-0.39, 0.29) is 18.5 Å². The lowest BCUT2D eigenvalue weighted by atomic mass is 10.2. The van der Waals surface area contributed by atoms with E-state index in [9.17, 15) is 5.11 Å². The predicted octanol–water partition coefficient (Wildman–Crippen LogP) is 0.807. The molecule has 2 rings (SSSR count). The van der Waals surface area contributed by atoms with Crippen molar-refractivity contribution in [1.82, 2.24) is 0 Å². The first-order chi connectivity index (χ1) is 7.74. The van der Waals surface area contributed by atoms with Crippen molar-refractivity contribution in [1.29, 1.82) is 0 Å². The topological polar surface area (TPSA) is 68.2 Å². The Hall–Kier alpha value is -1.30. The highest BCUT2D eigenvalue weighted by Gasteiger charge is 2.27. The van der Waals surface area contributed by atoms with E-state index in [2.05, 4.69) is 0 Å². The summed E-state index contributed by atoms with van der Waals surface area (Å²) in [7, 11) is 1.48. The summed E-state index contributed by atoms with van der Waals surface area (Å²) < 4.78 is 15.8. The van der Waals surface area contributed by atoms with E-state index < -0.39 is 6.29 Å². The fourth-order valence-electron chi connectivity index (χ4n) is 1.56. The first-order valence-corrected chi connectivity index (χ1v) is 4.99. The van der Waals surface area contributed by atoms with Crippen molar-refractivity contribution in [3.05, 3.63) is 23.8 Å². The van der Waals surface area contributed by atoms with Crippen LogP contribution in [0.2, 0.25) is 0 Å². The third-order valence-corrected chi connectivity index (χ3v) is 2.43. The molecule has 2 unspecified atom stereocenters. The van der Waals surface area contributed by atoms with Gasteiger partial charge in [0.15, 0.2) is 17.8 Å². The molecule has 0 amide bonds. The molecule has 1 aliphatic heterocycles. The molecule has 1 heterocycles. The van der Waals surface area contributed by atoms with Crippen molar-refractivity contribution in [2.45, 2.75) is 12.4 Å². The van der Waals surface area contributed by atoms with Crippen LogP contribution in [0.5, 0.6) is 11.5 Å². The van der Waals surface area contributed by atoms with Crippen molar-refractivity contribution in [2.75, 3.05) is 20.3 Å². The van der Waals surface area contributed by atoms with E-state index in [1.165, 1.54) is 13.2 Å². The van der Waals surface area contributed by atoms with Gasteiger partial charge in [0.25, 0.3) is 0 Å². The van der Waals surface area contributed by atoms with Gasteiger partial charge in [-0.3, -0.25) is 0 Å². The molecule has 0 aliphatic carbocycles. The number of aromatic hydroxyl groups is 1. The number of aliphatic hydroxyl groups is 1. The number of ether oxygens (including phenoxy) is 3. The molecule has 0 saturated carbocycles. The highest BCUT2D eigenvalue weighted by molar-refractivity contribution is 5.42. The minimum absolute atomic E-state index is 0.0638. The van der Waals surface area contributed by atoms with Crippen LogP contribution in [0.1, 0.15) is 11.9 Å². The number of methoxy groups -OCH3 is 1. The maximum Gasteiger partial charge on any atom is 0.184 e. The molecule has 2 atom stereocenters. The van der Waals surface area contributed by atoms with Crippen LogP contribution in [0.25, 0.3) is 0 Å². The Kier molecular flexibility index (Phi) is 3.28. The van der Waals surface area contributed by atoms with Gasteiger partial charge in [-0.15, -0.1) is 0 Å². The molecule has 0 radical (unpaired) electrons. The summed E-state index contributed by atoms with van der Waals surface area (Å²) in [5, 5.41) is 18.3. The van der Waals surface area contributed by atoms with Crippen LogP contribution in [-0.2, 0) is 9.47 Å². The number of phenols is 1. The fourth-order valence-corrected chi connectivity index (χ4v) is 1.56. The lowest BCUT2D eigenvalue weighted by Crippen LogP contribution is -2.14. The molecule has 0 bridgehead atoms. The quantitative estimate of drug-likeness (QED) is 0.798. The molecule has 5 nitrogen and oxygen atoms in total. The Bertz CT molecular complexity index is 365. The highest BCUT2D eigenvalue weighted by atomic mass is 16.7. The Morgan fingerprint density at radius 2 is 2.31 bits per heavy atom. The standard InChI is InChI=1S/C11H14O5/c1-14-10-4-7(2-3-9(10)13)11-15-6-8(5-12)16-11/h2-4,8,11-13H,5-6H2,1H3. The van der Waals surface area contributed by atoms with E-state index in [0.717, 1.165) is 5.56 Å². The number of benzene rings is 1. The summed E-state index contributed by atoms with van der Waals surface area (Å²) >= 11 is 0. The molecule has 2 N–H and O–H groups in total. The molecule has 16 heavy (non-hydrogen) atoms. The second-order valence-corrected chi connectivity index (χ2v) is 3.54. The molecular formula is C11H14O5. The van der Waals surface area contributed by atoms with Gasteiger partial charge in [0.05, 0.1) is 20.3 Å². The number of hydrogen-bond donors (Lipinski definition) is 2. The summed E-state index contributed by atoms with van der Waals surface area (Å²) in [6, 6.07) is 4.87. The van der Waals surface area contributed by atoms with E-state index in [0.29, 0.717) is 12.4 Å². The normalized spacial score (nSPS) is 24.6. The number of hydrogen-bond acceptors (Lipinski definition) is 5. The lowest BCUT2D eigenvalue weighted by molar-refractivity contribution is -0.0676. The third kappa shape index (κ3) is 2.11. The van der Waals surface area contributed by atoms with Gasteiger partial charge in [-0.05, 0) is 12.1 Å². The lowest BCUT2D eigenvalue weighted by Gasteiger charge is -2.12. The first kappa shape index (κ1) is 11.2. The molecule has 5 heteroatoms. The van der Waals surface area contributed by atoms with Gasteiger partial charge in [0, 0.05) is 5.56 Å². The van der Waals surface area contributed by atoms with Crippen LogP contribution in [0.15, 0.2) is 18.2 Å². The van der Waals surface area contributed by atoms with Gasteiger partial charge < -0.3 is 24.4 Å². The SMILES string of the molecule is COc1cc(C2OCC(CO)O2)ccc1O. The summed E-state index contributed by atoms with van der Waals surface area (Å²) in [5.74, 6) is 0.445. The van der Waals surface area contributed by atoms with Gasteiger partial charge in [-0.25, -0.2) is 0 Å². The zero-order chi connectivity index (χ0) is 11.5. The molecule has 1 aromatic carbocycles. The average molecular weight is 226 g/mol. The molecule has 0 aromatic heterocycles. The van der Waals surface area contributed by atoms with Gasteiger partial charge in [-0.2, -0.15) is 0 Å². The van der Waals surface area contributed by atoms with E-state index in [1.807, 2.05) is 0 Å². The third-order valence-electron chi connectivity index (χ3n) is 2.43. The molecule has 88 valence electrons. The Morgan fingerprint density at radius 1 is 1.50 bits per heavy atom. The van der Waals surface area contributed by atoms with Crippen molar-refractivity contribution in [3.63, 3.8) is 0 Å². The Balaban J connectivity index is 2.15. The van der Waals surface area contributed by atoms with E-state index >= 15 is 0 Å². The maximum absolute atomic E-state index is 9.43. The first-order valence-electron chi connectivity index (χ1n) is 4.99. The van der Waals surface area contributed by atoms with Crippen LogP contribution in [0, 0.1) is 0 Å². The highest BCUT2D eigenvalue weighted by Crippen LogP contribution is 2.33. The summed E-state index contributed by atoms with van der Waals surface area (Å²) in [4.78, 5) is 0. The number of aliphatic hydroxyl groups excluding tert-OH is 1. The molecule has 1 aromatic rings. The smallest absolute Gasteiger partial charge is 0.184 e. The van der Waals surface area contributed by atoms with E-state index in [1.54, 1.807) is 12.1 Å². The Labute approximate surface area is 93.2 Å². The van der Waals surface area contributed by atoms with Gasteiger partial charge in [-0.1, -0.05) is 6.07 Å². The predicted molar refractivity (Wildman–Crippen MR) is 55.3 cm³/mol. The van der Waals surface area contributed by atoms with Crippen molar-refractivity contribution < 1.29 is 24.4 Å². The molecule has 1 aliphatic rings. The van der Waals surface area contributed by atoms with Gasteiger partial charge in [0.1, 0.15) is 6.10 Å². The largest absolute Gasteiger partial charge is 0.504 e. The summed E-state index contributed by atoms with van der Waals surface area (Å²) in [6.45, 7) is 0.302. The fraction of sp³-hybridized carbons (Fsp3) is 0.455. The maximum atomic E-state index is 9.43. The molecule has 1 saturated heterocycles. The summed E-state index contributed by atoms with van der Waals surface area (Å²) in [6.07, 6.45) is -0.795. The van der Waals surface area contributed by atoms with Crippen molar-refractivity contribution in [3.8, 4) is 11.5 Å². The number of phenolic OH excluding ortho intramolecular Hbond substituents is 1. The molecule has 1 fully saturated rings. The molecule has 0 spiro atoms. The average Bonchev–Trinajstić information content (AvgIpc) is 2.78. The second-order valence-electron chi connectivity index (χ2n) is 3.54. The monoisotopic (exact) mass is 226 g/mol. The van der Waals surface area contributed by atoms with Crippen LogP contribution in [0.4, 0.5) is 0 Å². The van der Waals surface area contributed by atoms with Crippen molar-refractivity contribution in [2.24, 2.45) is 0 Å². The van der Waals surface area contributed by atoms with Crippen LogP contribution >= 0.6 is 0 Å². The van der Waals surface area contributed by atoms with Gasteiger partial charge in [0.2, 0.25) is 0 Å². The Morgan fingerprint density at radius 3 is 2.94 bits per heavy atom. The van der Waals surface area contributed by atoms with E-state index in [4.69, 9.17) is 19.3 Å². The molecular weight excluding hydrogens is 212 g/mol. The zero-order valence-corrected chi connectivity index (χ0v) is 8.92. The van der Waals surface area contributed by atoms with Crippen LogP contribution < -0.4 is 4.74 Å². The minimum Gasteiger partial charge on any atom is -0.504 e. The van der Waals surface area contributed by atoms with Crippen LogP contribution in [-0.4, -0.2) is 36.6 Å². The number of rotatable bonds is 3. The summed E-state index contributed by atoms with van der Waals surface area (Å²) in [5.41, 5.74) is 0.755. The minimum atomic E-state index is -0.508.